The zero-order valence-electron chi connectivity index (χ0n) is 12.8. The van der Waals surface area contributed by atoms with Gasteiger partial charge in [-0.3, -0.25) is 0 Å². The molecule has 1 saturated carbocycles. The Balaban J connectivity index is 1.85. The first-order valence-electron chi connectivity index (χ1n) is 7.80. The molecule has 0 spiro atoms. The Bertz CT molecular complexity index is 489. The van der Waals surface area contributed by atoms with E-state index in [0.717, 1.165) is 29.7 Å². The molecule has 20 heavy (non-hydrogen) atoms. The largest absolute Gasteiger partial charge is 0.370 e. The monoisotopic (exact) mass is 291 g/mol. The van der Waals surface area contributed by atoms with Crippen LogP contribution in [0.15, 0.2) is 0 Å². The first kappa shape index (κ1) is 14.2. The molecule has 0 bridgehead atoms. The van der Waals surface area contributed by atoms with E-state index in [1.54, 1.807) is 0 Å². The Hall–Kier alpha value is -0.770. The normalized spacial score (nSPS) is 21.8. The SMILES string of the molecule is CCNc1nc(C2CCC(C)(C)CC2)nc2c1CSC2. The number of nitrogens with zero attached hydrogens (tertiary/aromatic N) is 2. The van der Waals surface area contributed by atoms with E-state index in [1.165, 1.54) is 36.9 Å². The molecule has 0 radical (unpaired) electrons. The minimum atomic E-state index is 0.508. The zero-order valence-corrected chi connectivity index (χ0v) is 13.6. The lowest BCUT2D eigenvalue weighted by Crippen LogP contribution is -2.22. The van der Waals surface area contributed by atoms with Crippen molar-refractivity contribution in [2.75, 3.05) is 11.9 Å². The number of rotatable bonds is 3. The summed E-state index contributed by atoms with van der Waals surface area (Å²) >= 11 is 1.96. The van der Waals surface area contributed by atoms with Gasteiger partial charge in [0.2, 0.25) is 0 Å². The van der Waals surface area contributed by atoms with Crippen molar-refractivity contribution in [1.29, 1.82) is 0 Å². The maximum absolute atomic E-state index is 4.90. The Morgan fingerprint density at radius 1 is 1.20 bits per heavy atom. The molecule has 1 N–H and O–H groups in total. The lowest BCUT2D eigenvalue weighted by molar-refractivity contribution is 0.220. The van der Waals surface area contributed by atoms with Crippen molar-refractivity contribution in [2.45, 2.75) is 63.9 Å². The first-order chi connectivity index (χ1) is 9.59. The molecule has 2 heterocycles. The van der Waals surface area contributed by atoms with Gasteiger partial charge >= 0.3 is 0 Å². The Morgan fingerprint density at radius 2 is 1.95 bits per heavy atom. The number of aromatic nitrogens is 2. The smallest absolute Gasteiger partial charge is 0.134 e. The molecule has 0 atom stereocenters. The standard InChI is InChI=1S/C16H25N3S/c1-4-17-15-12-9-20-10-13(12)18-14(19-15)11-5-7-16(2,3)8-6-11/h11H,4-10H2,1-3H3,(H,17,18,19). The van der Waals surface area contributed by atoms with Crippen LogP contribution < -0.4 is 5.32 Å². The summed E-state index contributed by atoms with van der Waals surface area (Å²) in [7, 11) is 0. The van der Waals surface area contributed by atoms with Crippen molar-refractivity contribution in [3.8, 4) is 0 Å². The lowest BCUT2D eigenvalue weighted by Gasteiger charge is -2.33. The summed E-state index contributed by atoms with van der Waals surface area (Å²) in [6.45, 7) is 7.84. The molecule has 3 nitrogen and oxygen atoms in total. The molecule has 0 saturated heterocycles. The minimum Gasteiger partial charge on any atom is -0.370 e. The van der Waals surface area contributed by atoms with Gasteiger partial charge in [0.05, 0.1) is 5.69 Å². The average molecular weight is 291 g/mol. The van der Waals surface area contributed by atoms with E-state index >= 15 is 0 Å². The summed E-state index contributed by atoms with van der Waals surface area (Å²) in [5, 5.41) is 3.44. The summed E-state index contributed by atoms with van der Waals surface area (Å²) < 4.78 is 0. The molecule has 1 fully saturated rings. The maximum Gasteiger partial charge on any atom is 0.134 e. The van der Waals surface area contributed by atoms with E-state index in [4.69, 9.17) is 9.97 Å². The number of hydrogen-bond donors (Lipinski definition) is 1. The molecule has 1 aliphatic heterocycles. The van der Waals surface area contributed by atoms with Gasteiger partial charge in [-0.25, -0.2) is 9.97 Å². The minimum absolute atomic E-state index is 0.508. The fourth-order valence-electron chi connectivity index (χ4n) is 3.22. The lowest BCUT2D eigenvalue weighted by atomic mass is 9.73. The van der Waals surface area contributed by atoms with E-state index in [-0.39, 0.29) is 0 Å². The van der Waals surface area contributed by atoms with Crippen LogP contribution >= 0.6 is 11.8 Å². The molecule has 0 amide bonds. The number of thioether (sulfide) groups is 1. The third-order valence-electron chi connectivity index (χ3n) is 4.64. The van der Waals surface area contributed by atoms with Crippen molar-refractivity contribution >= 4 is 17.6 Å². The van der Waals surface area contributed by atoms with E-state index < -0.39 is 0 Å². The molecule has 4 heteroatoms. The molecule has 3 rings (SSSR count). The number of anilines is 1. The molecular formula is C16H25N3S. The summed E-state index contributed by atoms with van der Waals surface area (Å²) in [6.07, 6.45) is 5.07. The van der Waals surface area contributed by atoms with Crippen LogP contribution in [0.1, 0.15) is 69.5 Å². The van der Waals surface area contributed by atoms with Crippen molar-refractivity contribution < 1.29 is 0 Å². The average Bonchev–Trinajstić information content (AvgIpc) is 2.87. The summed E-state index contributed by atoms with van der Waals surface area (Å²) in [4.78, 5) is 9.77. The highest BCUT2D eigenvalue weighted by Crippen LogP contribution is 2.42. The molecular weight excluding hydrogens is 266 g/mol. The summed E-state index contributed by atoms with van der Waals surface area (Å²) in [5.74, 6) is 4.88. The Morgan fingerprint density at radius 3 is 2.65 bits per heavy atom. The predicted molar refractivity (Wildman–Crippen MR) is 86.2 cm³/mol. The predicted octanol–water partition coefficient (Wildman–Crippen LogP) is 4.34. The van der Waals surface area contributed by atoms with Crippen LogP contribution in [-0.4, -0.2) is 16.5 Å². The van der Waals surface area contributed by atoms with Gasteiger partial charge in [-0.15, -0.1) is 0 Å². The van der Waals surface area contributed by atoms with Crippen LogP contribution in [0.5, 0.6) is 0 Å². The van der Waals surface area contributed by atoms with Crippen LogP contribution in [0.4, 0.5) is 5.82 Å². The molecule has 110 valence electrons. The topological polar surface area (TPSA) is 37.8 Å². The van der Waals surface area contributed by atoms with Crippen LogP contribution in [-0.2, 0) is 11.5 Å². The van der Waals surface area contributed by atoms with Crippen LogP contribution in [0.3, 0.4) is 0 Å². The van der Waals surface area contributed by atoms with Crippen LogP contribution in [0, 0.1) is 5.41 Å². The van der Waals surface area contributed by atoms with E-state index in [2.05, 4.69) is 26.1 Å². The van der Waals surface area contributed by atoms with E-state index in [0.29, 0.717) is 11.3 Å². The fraction of sp³-hybridized carbons (Fsp3) is 0.750. The van der Waals surface area contributed by atoms with Crippen molar-refractivity contribution in [2.24, 2.45) is 5.41 Å². The van der Waals surface area contributed by atoms with Crippen molar-refractivity contribution in [3.63, 3.8) is 0 Å². The summed E-state index contributed by atoms with van der Waals surface area (Å²) in [6, 6.07) is 0. The fourth-order valence-corrected chi connectivity index (χ4v) is 4.27. The van der Waals surface area contributed by atoms with Crippen molar-refractivity contribution in [1.82, 2.24) is 9.97 Å². The van der Waals surface area contributed by atoms with Crippen LogP contribution in [0.25, 0.3) is 0 Å². The van der Waals surface area contributed by atoms with Gasteiger partial charge in [0.15, 0.2) is 0 Å². The number of hydrogen-bond acceptors (Lipinski definition) is 4. The second kappa shape index (κ2) is 5.55. The van der Waals surface area contributed by atoms with Crippen molar-refractivity contribution in [3.05, 3.63) is 17.1 Å². The van der Waals surface area contributed by atoms with Gasteiger partial charge in [-0.1, -0.05) is 13.8 Å². The van der Waals surface area contributed by atoms with E-state index in [1.807, 2.05) is 11.8 Å². The van der Waals surface area contributed by atoms with Gasteiger partial charge in [0.1, 0.15) is 11.6 Å². The third kappa shape index (κ3) is 2.80. The number of nitrogens with one attached hydrogen (secondary N) is 1. The van der Waals surface area contributed by atoms with Gasteiger partial charge in [-0.05, 0) is 38.0 Å². The Labute approximate surface area is 126 Å². The maximum atomic E-state index is 4.90. The molecule has 1 aromatic rings. The zero-order chi connectivity index (χ0) is 14.2. The second-order valence-corrected chi connectivity index (χ2v) is 7.80. The molecule has 0 aromatic carbocycles. The quantitative estimate of drug-likeness (QED) is 0.899. The van der Waals surface area contributed by atoms with Crippen LogP contribution in [0.2, 0.25) is 0 Å². The third-order valence-corrected chi connectivity index (χ3v) is 5.61. The highest BCUT2D eigenvalue weighted by Gasteiger charge is 2.30. The first-order valence-corrected chi connectivity index (χ1v) is 8.96. The molecule has 0 unspecified atom stereocenters. The van der Waals surface area contributed by atoms with Gasteiger partial charge in [-0.2, -0.15) is 11.8 Å². The van der Waals surface area contributed by atoms with Gasteiger partial charge in [0.25, 0.3) is 0 Å². The molecule has 2 aliphatic rings. The molecule has 1 aliphatic carbocycles. The molecule has 1 aromatic heterocycles. The van der Waals surface area contributed by atoms with E-state index in [9.17, 15) is 0 Å². The highest BCUT2D eigenvalue weighted by molar-refractivity contribution is 7.98. The van der Waals surface area contributed by atoms with Gasteiger partial charge < -0.3 is 5.32 Å². The van der Waals surface area contributed by atoms with Gasteiger partial charge in [0, 0.05) is 29.5 Å². The second-order valence-electron chi connectivity index (χ2n) is 6.82. The summed E-state index contributed by atoms with van der Waals surface area (Å²) in [5.41, 5.74) is 3.13. The number of fused-ring (bicyclic) bond motifs is 1. The Kier molecular flexibility index (Phi) is 3.93. The highest BCUT2D eigenvalue weighted by atomic mass is 32.2.